The SMILES string of the molecule is CN/C(Oc1cccc(C(F)(F)F)c1)=C(\C(C)=N)C(=O)NC(C)c1ccc(C(=O)O)cc1. The molecule has 2 aromatic rings. The second-order valence-electron chi connectivity index (χ2n) is 6.83. The molecule has 1 amide bonds. The molecule has 0 fully saturated rings. The monoisotopic (exact) mass is 449 g/mol. The van der Waals surface area contributed by atoms with Crippen LogP contribution in [0.2, 0.25) is 0 Å². The minimum absolute atomic E-state index is 0.0927. The topological polar surface area (TPSA) is 112 Å². The van der Waals surface area contributed by atoms with Crippen molar-refractivity contribution >= 4 is 17.6 Å². The third-order valence-corrected chi connectivity index (χ3v) is 4.44. The second kappa shape index (κ2) is 9.99. The maximum absolute atomic E-state index is 13.0. The molecule has 2 rings (SSSR count). The Morgan fingerprint density at radius 2 is 1.75 bits per heavy atom. The Balaban J connectivity index is 2.29. The molecule has 1 atom stereocenters. The van der Waals surface area contributed by atoms with Crippen LogP contribution in [0, 0.1) is 5.41 Å². The highest BCUT2D eigenvalue weighted by Gasteiger charge is 2.31. The van der Waals surface area contributed by atoms with Gasteiger partial charge in [0.2, 0.25) is 5.88 Å². The van der Waals surface area contributed by atoms with Gasteiger partial charge in [0.25, 0.3) is 5.91 Å². The summed E-state index contributed by atoms with van der Waals surface area (Å²) in [6, 6.07) is 9.50. The number of hydrogen-bond donors (Lipinski definition) is 4. The minimum atomic E-state index is -4.56. The fourth-order valence-corrected chi connectivity index (χ4v) is 2.79. The molecular formula is C22H22F3N3O4. The van der Waals surface area contributed by atoms with Crippen LogP contribution in [0.5, 0.6) is 5.75 Å². The van der Waals surface area contributed by atoms with Crippen molar-refractivity contribution in [3.63, 3.8) is 0 Å². The first-order valence-corrected chi connectivity index (χ1v) is 9.40. The number of amides is 1. The van der Waals surface area contributed by atoms with Gasteiger partial charge in [0.15, 0.2) is 0 Å². The summed E-state index contributed by atoms with van der Waals surface area (Å²) in [7, 11) is 1.41. The van der Waals surface area contributed by atoms with E-state index in [1.54, 1.807) is 19.1 Å². The molecule has 4 N–H and O–H groups in total. The second-order valence-corrected chi connectivity index (χ2v) is 6.83. The smallest absolute Gasteiger partial charge is 0.416 e. The van der Waals surface area contributed by atoms with Crippen LogP contribution in [0.4, 0.5) is 13.2 Å². The van der Waals surface area contributed by atoms with Gasteiger partial charge in [0, 0.05) is 12.8 Å². The van der Waals surface area contributed by atoms with Crippen molar-refractivity contribution in [2.45, 2.75) is 26.1 Å². The summed E-state index contributed by atoms with van der Waals surface area (Å²) in [6.07, 6.45) is -4.56. The zero-order valence-corrected chi connectivity index (χ0v) is 17.5. The van der Waals surface area contributed by atoms with E-state index in [2.05, 4.69) is 10.6 Å². The van der Waals surface area contributed by atoms with Gasteiger partial charge in [0.05, 0.1) is 17.2 Å². The molecule has 0 radical (unpaired) electrons. The average molecular weight is 449 g/mol. The fourth-order valence-electron chi connectivity index (χ4n) is 2.79. The molecule has 0 spiro atoms. The van der Waals surface area contributed by atoms with Crippen molar-refractivity contribution in [2.24, 2.45) is 0 Å². The van der Waals surface area contributed by atoms with Crippen LogP contribution in [0.25, 0.3) is 0 Å². The minimum Gasteiger partial charge on any atom is -0.478 e. The van der Waals surface area contributed by atoms with Crippen molar-refractivity contribution in [3.05, 3.63) is 76.7 Å². The maximum atomic E-state index is 13.0. The predicted octanol–water partition coefficient (Wildman–Crippen LogP) is 4.13. The molecule has 0 saturated heterocycles. The quantitative estimate of drug-likeness (QED) is 0.275. The molecule has 0 aliphatic heterocycles. The fraction of sp³-hybridized carbons (Fsp3) is 0.227. The predicted molar refractivity (Wildman–Crippen MR) is 112 cm³/mol. The van der Waals surface area contributed by atoms with Crippen LogP contribution in [0.3, 0.4) is 0 Å². The van der Waals surface area contributed by atoms with Crippen LogP contribution in [-0.4, -0.2) is 29.7 Å². The van der Waals surface area contributed by atoms with Crippen LogP contribution >= 0.6 is 0 Å². The molecule has 0 aliphatic carbocycles. The number of rotatable bonds is 8. The first-order chi connectivity index (χ1) is 14.9. The summed E-state index contributed by atoms with van der Waals surface area (Å²) < 4.78 is 44.4. The molecule has 2 aromatic carbocycles. The Hall–Kier alpha value is -3.82. The summed E-state index contributed by atoms with van der Waals surface area (Å²) in [4.78, 5) is 23.8. The van der Waals surface area contributed by atoms with E-state index in [9.17, 15) is 22.8 Å². The van der Waals surface area contributed by atoms with Gasteiger partial charge in [-0.15, -0.1) is 0 Å². The molecule has 7 nitrogen and oxygen atoms in total. The lowest BCUT2D eigenvalue weighted by Gasteiger charge is -2.19. The van der Waals surface area contributed by atoms with Crippen molar-refractivity contribution < 1.29 is 32.6 Å². The zero-order valence-electron chi connectivity index (χ0n) is 17.5. The standard InChI is InChI=1S/C22H22F3N3O4/c1-12(26)18(19(29)28-13(2)14-7-9-15(10-8-14)21(30)31)20(27-3)32-17-6-4-5-16(11-17)22(23,24)25/h4-11,13,26-27H,1-3H3,(H,28,29)(H,30,31)/b20-18-,26-12?. The maximum Gasteiger partial charge on any atom is 0.416 e. The van der Waals surface area contributed by atoms with Crippen LogP contribution < -0.4 is 15.4 Å². The Morgan fingerprint density at radius 3 is 2.25 bits per heavy atom. The van der Waals surface area contributed by atoms with Crippen molar-refractivity contribution in [3.8, 4) is 5.75 Å². The Labute approximate surface area is 182 Å². The van der Waals surface area contributed by atoms with E-state index >= 15 is 0 Å². The van der Waals surface area contributed by atoms with Crippen molar-refractivity contribution in [2.75, 3.05) is 7.05 Å². The van der Waals surface area contributed by atoms with Gasteiger partial charge in [-0.25, -0.2) is 4.79 Å². The van der Waals surface area contributed by atoms with Gasteiger partial charge >= 0.3 is 12.1 Å². The van der Waals surface area contributed by atoms with E-state index in [-0.39, 0.29) is 28.5 Å². The van der Waals surface area contributed by atoms with Gasteiger partial charge in [-0.05, 0) is 49.7 Å². The molecule has 0 aliphatic rings. The number of hydrogen-bond acceptors (Lipinski definition) is 5. The third kappa shape index (κ3) is 6.10. The number of alkyl halides is 3. The summed E-state index contributed by atoms with van der Waals surface area (Å²) in [5.74, 6) is -2.12. The van der Waals surface area contributed by atoms with Gasteiger partial charge in [-0.1, -0.05) is 18.2 Å². The number of nitrogens with one attached hydrogen (secondary N) is 3. The van der Waals surface area contributed by atoms with Crippen LogP contribution in [0.15, 0.2) is 60.0 Å². The summed E-state index contributed by atoms with van der Waals surface area (Å²) >= 11 is 0. The van der Waals surface area contributed by atoms with Gasteiger partial charge in [-0.3, -0.25) is 4.79 Å². The number of carbonyl (C=O) groups excluding carboxylic acids is 1. The molecule has 0 saturated carbocycles. The molecule has 0 heterocycles. The van der Waals surface area contributed by atoms with E-state index in [1.807, 2.05) is 0 Å². The number of carbonyl (C=O) groups is 2. The number of aromatic carboxylic acids is 1. The number of halogens is 3. The molecule has 1 unspecified atom stereocenters. The third-order valence-electron chi connectivity index (χ3n) is 4.44. The van der Waals surface area contributed by atoms with Gasteiger partial charge < -0.3 is 25.9 Å². The van der Waals surface area contributed by atoms with Gasteiger partial charge in [0.1, 0.15) is 11.3 Å². The number of benzene rings is 2. The van der Waals surface area contributed by atoms with E-state index in [4.69, 9.17) is 15.3 Å². The zero-order chi connectivity index (χ0) is 24.1. The van der Waals surface area contributed by atoms with E-state index in [0.717, 1.165) is 12.1 Å². The highest BCUT2D eigenvalue weighted by atomic mass is 19.4. The summed E-state index contributed by atoms with van der Waals surface area (Å²) in [6.45, 7) is 3.01. The Kier molecular flexibility index (Phi) is 7.63. The molecule has 10 heteroatoms. The Bertz CT molecular complexity index is 1050. The van der Waals surface area contributed by atoms with E-state index in [0.29, 0.717) is 5.56 Å². The highest BCUT2D eigenvalue weighted by Crippen LogP contribution is 2.31. The molecule has 0 aromatic heterocycles. The molecular weight excluding hydrogens is 427 g/mol. The van der Waals surface area contributed by atoms with Crippen LogP contribution in [0.1, 0.15) is 41.4 Å². The van der Waals surface area contributed by atoms with Gasteiger partial charge in [-0.2, -0.15) is 13.2 Å². The number of ether oxygens (including phenoxy) is 1. The van der Waals surface area contributed by atoms with Crippen LogP contribution in [-0.2, 0) is 11.0 Å². The van der Waals surface area contributed by atoms with Crippen molar-refractivity contribution in [1.29, 1.82) is 5.41 Å². The Morgan fingerprint density at radius 1 is 1.12 bits per heavy atom. The van der Waals surface area contributed by atoms with Crippen molar-refractivity contribution in [1.82, 2.24) is 10.6 Å². The van der Waals surface area contributed by atoms with E-state index < -0.39 is 29.7 Å². The normalized spacial score (nSPS) is 12.9. The molecule has 170 valence electrons. The molecule has 0 bridgehead atoms. The van der Waals surface area contributed by atoms with E-state index in [1.165, 1.54) is 38.2 Å². The highest BCUT2D eigenvalue weighted by molar-refractivity contribution is 6.20. The lowest BCUT2D eigenvalue weighted by atomic mass is 10.0. The molecule has 32 heavy (non-hydrogen) atoms. The number of carboxylic acids is 1. The summed E-state index contributed by atoms with van der Waals surface area (Å²) in [5.41, 5.74) is -0.571. The summed E-state index contributed by atoms with van der Waals surface area (Å²) in [5, 5.41) is 22.2. The lowest BCUT2D eigenvalue weighted by molar-refractivity contribution is -0.137. The first-order valence-electron chi connectivity index (χ1n) is 9.40. The average Bonchev–Trinajstić information content (AvgIpc) is 2.72. The lowest BCUT2D eigenvalue weighted by Crippen LogP contribution is -2.33. The first kappa shape index (κ1) is 24.4. The largest absolute Gasteiger partial charge is 0.478 e. The number of carboxylic acid groups (broad SMARTS) is 1.